The van der Waals surface area contributed by atoms with E-state index >= 15 is 0 Å². The highest BCUT2D eigenvalue weighted by molar-refractivity contribution is 6.03. The number of hydrogen-bond acceptors (Lipinski definition) is 8. The lowest BCUT2D eigenvalue weighted by atomic mass is 10.1. The Balaban J connectivity index is 1.56. The number of nitrogens with zero attached hydrogens (tertiary/aromatic N) is 8. The topological polar surface area (TPSA) is 103 Å². The normalized spacial score (nSPS) is 11.2. The zero-order valence-corrected chi connectivity index (χ0v) is 20.0. The quantitative estimate of drug-likeness (QED) is 0.284. The predicted molar refractivity (Wildman–Crippen MR) is 146 cm³/mol. The van der Waals surface area contributed by atoms with E-state index in [9.17, 15) is 0 Å². The Morgan fingerprint density at radius 1 is 0.316 bits per heavy atom. The molecule has 0 radical (unpaired) electrons. The van der Waals surface area contributed by atoms with Crippen LogP contribution in [0.4, 0.5) is 0 Å². The first kappa shape index (κ1) is 21.8. The van der Waals surface area contributed by atoms with Gasteiger partial charge in [-0.2, -0.15) is 0 Å². The van der Waals surface area contributed by atoms with E-state index in [2.05, 4.69) is 19.9 Å². The highest BCUT2D eigenvalue weighted by Crippen LogP contribution is 2.34. The second-order valence-electron chi connectivity index (χ2n) is 8.50. The maximum absolute atomic E-state index is 5.08. The van der Waals surface area contributed by atoms with Crippen LogP contribution in [0.1, 0.15) is 0 Å². The first-order valence-corrected chi connectivity index (χ1v) is 12.0. The van der Waals surface area contributed by atoms with Gasteiger partial charge in [-0.3, -0.25) is 19.9 Å². The number of hydrogen-bond donors (Lipinski definition) is 0. The number of pyridine rings is 4. The van der Waals surface area contributed by atoms with Crippen molar-refractivity contribution in [3.8, 4) is 45.6 Å². The summed E-state index contributed by atoms with van der Waals surface area (Å²) in [5.74, 6) is 0. The molecule has 38 heavy (non-hydrogen) atoms. The summed E-state index contributed by atoms with van der Waals surface area (Å²) in [5.41, 5.74) is 8.00. The van der Waals surface area contributed by atoms with Crippen molar-refractivity contribution >= 4 is 22.1 Å². The molecule has 0 spiro atoms. The fraction of sp³-hybridized carbons (Fsp3) is 0. The van der Waals surface area contributed by atoms with Crippen molar-refractivity contribution in [1.82, 2.24) is 39.9 Å². The summed E-state index contributed by atoms with van der Waals surface area (Å²) >= 11 is 0. The molecule has 1 aromatic carbocycles. The van der Waals surface area contributed by atoms with Gasteiger partial charge in [0.05, 0.1) is 33.8 Å². The molecule has 8 heteroatoms. The lowest BCUT2D eigenvalue weighted by Gasteiger charge is -2.12. The molecule has 7 aromatic rings. The van der Waals surface area contributed by atoms with Gasteiger partial charge in [-0.1, -0.05) is 24.3 Å². The van der Waals surface area contributed by atoms with Crippen LogP contribution in [-0.2, 0) is 0 Å². The molecule has 0 amide bonds. The van der Waals surface area contributed by atoms with Crippen molar-refractivity contribution in [1.29, 1.82) is 0 Å². The molecule has 0 atom stereocenters. The van der Waals surface area contributed by atoms with Crippen LogP contribution >= 0.6 is 0 Å². The van der Waals surface area contributed by atoms with E-state index in [1.165, 1.54) is 0 Å². The molecule has 0 fully saturated rings. The summed E-state index contributed by atoms with van der Waals surface area (Å²) in [6.45, 7) is 0. The van der Waals surface area contributed by atoms with Crippen LogP contribution in [-0.4, -0.2) is 39.9 Å². The van der Waals surface area contributed by atoms with Gasteiger partial charge in [-0.15, -0.1) is 0 Å². The second kappa shape index (κ2) is 9.18. The van der Waals surface area contributed by atoms with Crippen molar-refractivity contribution in [3.05, 3.63) is 110 Å². The van der Waals surface area contributed by atoms with Gasteiger partial charge in [-0.25, -0.2) is 19.9 Å². The van der Waals surface area contributed by atoms with E-state index in [0.717, 1.165) is 0 Å². The van der Waals surface area contributed by atoms with E-state index in [1.54, 1.807) is 24.8 Å². The largest absolute Gasteiger partial charge is 0.255 e. The molecule has 6 heterocycles. The summed E-state index contributed by atoms with van der Waals surface area (Å²) < 4.78 is 0. The average molecular weight is 491 g/mol. The summed E-state index contributed by atoms with van der Waals surface area (Å²) in [4.78, 5) is 38.3. The molecule has 0 aliphatic carbocycles. The first-order chi connectivity index (χ1) is 18.8. The van der Waals surface area contributed by atoms with Crippen LogP contribution in [0, 0.1) is 0 Å². The summed E-state index contributed by atoms with van der Waals surface area (Å²) in [5, 5.41) is 0. The molecule has 0 saturated heterocycles. The van der Waals surface area contributed by atoms with Crippen molar-refractivity contribution in [2.75, 3.05) is 0 Å². The fourth-order valence-corrected chi connectivity index (χ4v) is 4.36. The van der Waals surface area contributed by atoms with Gasteiger partial charge in [0.1, 0.15) is 33.8 Å². The van der Waals surface area contributed by atoms with Gasteiger partial charge in [0.25, 0.3) is 0 Å². The van der Waals surface area contributed by atoms with Crippen molar-refractivity contribution in [3.63, 3.8) is 0 Å². The van der Waals surface area contributed by atoms with E-state index in [0.29, 0.717) is 67.6 Å². The van der Waals surface area contributed by atoms with Crippen LogP contribution in [0.15, 0.2) is 110 Å². The third-order valence-corrected chi connectivity index (χ3v) is 6.10. The van der Waals surface area contributed by atoms with Crippen LogP contribution < -0.4 is 0 Å². The standard InChI is InChI=1S/C30H18N8/c1-5-15-31-19(9-1)25-27(21-11-3-7-17-33-21)37-29-23(35-25)13-14-24-30(29)38-28(22-12-4-8-18-34-22)26(36-24)20-10-2-6-16-32-20/h1-18H. The SMILES string of the molecule is c1ccc(-c2nc3ccc4nc(-c5ccccn5)c(-c5ccccn5)nc4c3nc2-c2ccccn2)nc1. The van der Waals surface area contributed by atoms with Gasteiger partial charge in [-0.05, 0) is 60.7 Å². The minimum absolute atomic E-state index is 0.624. The van der Waals surface area contributed by atoms with E-state index < -0.39 is 0 Å². The highest BCUT2D eigenvalue weighted by atomic mass is 14.9. The van der Waals surface area contributed by atoms with Gasteiger partial charge < -0.3 is 0 Å². The summed E-state index contributed by atoms with van der Waals surface area (Å²) in [6.07, 6.45) is 6.97. The predicted octanol–water partition coefficient (Wildman–Crippen LogP) is 5.82. The number of fused-ring (bicyclic) bond motifs is 3. The number of benzene rings is 1. The van der Waals surface area contributed by atoms with E-state index in [4.69, 9.17) is 19.9 Å². The molecule has 178 valence electrons. The van der Waals surface area contributed by atoms with Gasteiger partial charge in [0.15, 0.2) is 0 Å². The van der Waals surface area contributed by atoms with Crippen molar-refractivity contribution < 1.29 is 0 Å². The Kier molecular flexibility index (Phi) is 5.26. The third kappa shape index (κ3) is 3.81. The summed E-state index contributed by atoms with van der Waals surface area (Å²) in [7, 11) is 0. The molecule has 0 aliphatic heterocycles. The molecular weight excluding hydrogens is 472 g/mol. The van der Waals surface area contributed by atoms with Crippen molar-refractivity contribution in [2.45, 2.75) is 0 Å². The monoisotopic (exact) mass is 490 g/mol. The van der Waals surface area contributed by atoms with Crippen molar-refractivity contribution in [2.24, 2.45) is 0 Å². The van der Waals surface area contributed by atoms with Crippen LogP contribution in [0.25, 0.3) is 67.6 Å². The van der Waals surface area contributed by atoms with Crippen LogP contribution in [0.5, 0.6) is 0 Å². The fourth-order valence-electron chi connectivity index (χ4n) is 4.36. The zero-order chi connectivity index (χ0) is 25.3. The van der Waals surface area contributed by atoms with Crippen LogP contribution in [0.2, 0.25) is 0 Å². The van der Waals surface area contributed by atoms with E-state index in [-0.39, 0.29) is 0 Å². The first-order valence-electron chi connectivity index (χ1n) is 12.0. The molecule has 7 rings (SSSR count). The molecule has 0 unspecified atom stereocenters. The third-order valence-electron chi connectivity index (χ3n) is 6.10. The Morgan fingerprint density at radius 2 is 0.632 bits per heavy atom. The number of rotatable bonds is 4. The Bertz CT molecular complexity index is 1750. The zero-order valence-electron chi connectivity index (χ0n) is 20.0. The Labute approximate surface area is 217 Å². The highest BCUT2D eigenvalue weighted by Gasteiger charge is 2.20. The lowest BCUT2D eigenvalue weighted by molar-refractivity contribution is 1.19. The molecule has 0 N–H and O–H groups in total. The van der Waals surface area contributed by atoms with Gasteiger partial charge in [0.2, 0.25) is 0 Å². The Morgan fingerprint density at radius 3 is 0.921 bits per heavy atom. The van der Waals surface area contributed by atoms with Gasteiger partial charge in [0, 0.05) is 24.8 Å². The minimum Gasteiger partial charge on any atom is -0.255 e. The molecule has 0 bridgehead atoms. The smallest absolute Gasteiger partial charge is 0.117 e. The van der Waals surface area contributed by atoms with Crippen LogP contribution in [0.3, 0.4) is 0 Å². The second-order valence-corrected chi connectivity index (χ2v) is 8.50. The molecular formula is C30H18N8. The maximum atomic E-state index is 5.08. The average Bonchev–Trinajstić information content (AvgIpc) is 3.01. The summed E-state index contributed by atoms with van der Waals surface area (Å²) in [6, 6.07) is 26.7. The molecule has 8 nitrogen and oxygen atoms in total. The number of aromatic nitrogens is 8. The van der Waals surface area contributed by atoms with E-state index in [1.807, 2.05) is 84.9 Å². The Hall–Kier alpha value is -5.50. The minimum atomic E-state index is 0.624. The molecule has 6 aromatic heterocycles. The maximum Gasteiger partial charge on any atom is 0.117 e. The van der Waals surface area contributed by atoms with Gasteiger partial charge >= 0.3 is 0 Å². The molecule has 0 saturated carbocycles. The lowest BCUT2D eigenvalue weighted by Crippen LogP contribution is -2.02. The molecule has 0 aliphatic rings.